The van der Waals surface area contributed by atoms with Gasteiger partial charge in [0.2, 0.25) is 0 Å². The lowest BCUT2D eigenvalue weighted by Crippen LogP contribution is -2.47. The first-order valence-electron chi connectivity index (χ1n) is 12.4. The van der Waals surface area contributed by atoms with E-state index in [0.717, 1.165) is 0 Å². The molecule has 6 nitrogen and oxygen atoms in total. The summed E-state index contributed by atoms with van der Waals surface area (Å²) in [5.74, 6) is -0.755. The molecule has 2 aromatic rings. The third-order valence-electron chi connectivity index (χ3n) is 6.62. The van der Waals surface area contributed by atoms with E-state index >= 15 is 0 Å². The second kappa shape index (κ2) is 10.8. The normalized spacial score (nSPS) is 16.5. The van der Waals surface area contributed by atoms with Crippen molar-refractivity contribution < 1.29 is 23.8 Å². The molecule has 1 fully saturated rings. The van der Waals surface area contributed by atoms with Gasteiger partial charge in [-0.3, -0.25) is 4.79 Å². The highest BCUT2D eigenvalue weighted by atomic mass is 19.1. The van der Waals surface area contributed by atoms with Crippen molar-refractivity contribution in [3.05, 3.63) is 71.0 Å². The molecule has 1 heterocycles. The molecule has 1 atom stereocenters. The van der Waals surface area contributed by atoms with Gasteiger partial charge >= 0.3 is 6.09 Å². The summed E-state index contributed by atoms with van der Waals surface area (Å²) in [6, 6.07) is 13.0. The number of nitrogens with zero attached hydrogens (tertiary/aromatic N) is 2. The number of benzene rings is 2. The fourth-order valence-electron chi connectivity index (χ4n) is 4.73. The van der Waals surface area contributed by atoms with Crippen LogP contribution < -0.4 is 0 Å². The number of ether oxygens (including phenoxy) is 1. The number of halogens is 1. The third kappa shape index (κ3) is 6.01. The first-order valence-corrected chi connectivity index (χ1v) is 12.4. The van der Waals surface area contributed by atoms with E-state index in [9.17, 15) is 19.1 Å². The highest BCUT2D eigenvalue weighted by Crippen LogP contribution is 2.42. The molecule has 1 N–H and O–H groups in total. The molecule has 0 aromatic heterocycles. The number of aliphatic hydroxyl groups is 1. The van der Waals surface area contributed by atoms with E-state index in [-0.39, 0.29) is 17.9 Å². The van der Waals surface area contributed by atoms with Gasteiger partial charge in [-0.15, -0.1) is 0 Å². The Balaban J connectivity index is 1.90. The van der Waals surface area contributed by atoms with Crippen LogP contribution in [0.4, 0.5) is 9.18 Å². The van der Waals surface area contributed by atoms with E-state index in [1.54, 1.807) is 46.2 Å². The van der Waals surface area contributed by atoms with Crippen LogP contribution in [-0.2, 0) is 10.3 Å². The van der Waals surface area contributed by atoms with Crippen LogP contribution in [0.25, 0.3) is 0 Å². The predicted molar refractivity (Wildman–Crippen MR) is 134 cm³/mol. The number of piperidine rings is 1. The van der Waals surface area contributed by atoms with E-state index < -0.39 is 17.0 Å². The first kappa shape index (κ1) is 26.7. The van der Waals surface area contributed by atoms with Gasteiger partial charge in [-0.1, -0.05) is 24.3 Å². The van der Waals surface area contributed by atoms with Crippen molar-refractivity contribution in [1.82, 2.24) is 9.80 Å². The molecule has 190 valence electrons. The Morgan fingerprint density at radius 2 is 1.63 bits per heavy atom. The number of rotatable bonds is 6. The molecule has 2 amide bonds. The summed E-state index contributed by atoms with van der Waals surface area (Å²) in [7, 11) is 0. The highest BCUT2D eigenvalue weighted by Gasteiger charge is 2.43. The van der Waals surface area contributed by atoms with Gasteiger partial charge in [0.15, 0.2) is 0 Å². The molecule has 2 aromatic carbocycles. The second-order valence-corrected chi connectivity index (χ2v) is 10.1. The predicted octanol–water partition coefficient (Wildman–Crippen LogP) is 5.19. The van der Waals surface area contributed by atoms with Crippen LogP contribution >= 0.6 is 0 Å². The fourth-order valence-corrected chi connectivity index (χ4v) is 4.73. The summed E-state index contributed by atoms with van der Waals surface area (Å²) in [6.45, 7) is 11.4. The van der Waals surface area contributed by atoms with Crippen LogP contribution in [0.1, 0.15) is 68.9 Å². The number of carbonyl (C=O) groups is 2. The zero-order chi connectivity index (χ0) is 25.8. The molecule has 1 unspecified atom stereocenters. The largest absolute Gasteiger partial charge is 0.444 e. The van der Waals surface area contributed by atoms with E-state index in [4.69, 9.17) is 4.74 Å². The number of hydrogen-bond donors (Lipinski definition) is 1. The standard InChI is InChI=1S/C28H37FN2O4/c1-6-30(7-2)25(32)20-11-13-21(14-12-20)28(34,23-9-8-10-24(29)19-23)22-15-17-31(18-16-22)26(33)35-27(3,4)5/h8-14,19,22,34H,6-7,15-18H2,1-5H3. The summed E-state index contributed by atoms with van der Waals surface area (Å²) in [4.78, 5) is 28.7. The van der Waals surface area contributed by atoms with Crippen LogP contribution in [0, 0.1) is 11.7 Å². The molecule has 0 saturated carbocycles. The number of likely N-dealkylation sites (tertiary alicyclic amines) is 1. The van der Waals surface area contributed by atoms with Crippen LogP contribution in [0.15, 0.2) is 48.5 Å². The minimum Gasteiger partial charge on any atom is -0.444 e. The summed E-state index contributed by atoms with van der Waals surface area (Å²) >= 11 is 0. The van der Waals surface area contributed by atoms with Gasteiger partial charge in [0, 0.05) is 31.7 Å². The van der Waals surface area contributed by atoms with Crippen molar-refractivity contribution >= 4 is 12.0 Å². The van der Waals surface area contributed by atoms with Gasteiger partial charge < -0.3 is 19.6 Å². The Labute approximate surface area is 207 Å². The van der Waals surface area contributed by atoms with E-state index in [1.165, 1.54) is 12.1 Å². The molecule has 0 aliphatic carbocycles. The van der Waals surface area contributed by atoms with Crippen LogP contribution in [0.5, 0.6) is 0 Å². The smallest absolute Gasteiger partial charge is 0.410 e. The molecule has 0 bridgehead atoms. The molecule has 1 saturated heterocycles. The molecule has 7 heteroatoms. The lowest BCUT2D eigenvalue weighted by atomic mass is 9.72. The molecule has 0 spiro atoms. The van der Waals surface area contributed by atoms with Gasteiger partial charge in [-0.2, -0.15) is 0 Å². The molecule has 1 aliphatic rings. The fraction of sp³-hybridized carbons (Fsp3) is 0.500. The number of amides is 2. The maximum absolute atomic E-state index is 14.2. The van der Waals surface area contributed by atoms with Gasteiger partial charge in [-0.05, 0) is 88.8 Å². The second-order valence-electron chi connectivity index (χ2n) is 10.1. The monoisotopic (exact) mass is 484 g/mol. The van der Waals surface area contributed by atoms with Crippen molar-refractivity contribution in [1.29, 1.82) is 0 Å². The summed E-state index contributed by atoms with van der Waals surface area (Å²) in [5.41, 5.74) is -0.468. The maximum atomic E-state index is 14.2. The molecule has 0 radical (unpaired) electrons. The van der Waals surface area contributed by atoms with Crippen molar-refractivity contribution in [3.8, 4) is 0 Å². The maximum Gasteiger partial charge on any atom is 0.410 e. The SMILES string of the molecule is CCN(CC)C(=O)c1ccc(C(O)(c2cccc(F)c2)C2CCN(C(=O)OC(C)(C)C)CC2)cc1. The zero-order valence-electron chi connectivity index (χ0n) is 21.4. The summed E-state index contributed by atoms with van der Waals surface area (Å²) < 4.78 is 19.7. The minimum absolute atomic E-state index is 0.0680. The van der Waals surface area contributed by atoms with Gasteiger partial charge in [0.1, 0.15) is 17.0 Å². The molecular weight excluding hydrogens is 447 g/mol. The Hall–Kier alpha value is -2.93. The zero-order valence-corrected chi connectivity index (χ0v) is 21.4. The summed E-state index contributed by atoms with van der Waals surface area (Å²) in [6.07, 6.45) is 0.670. The van der Waals surface area contributed by atoms with Gasteiger partial charge in [-0.25, -0.2) is 9.18 Å². The van der Waals surface area contributed by atoms with Crippen LogP contribution in [0.3, 0.4) is 0 Å². The van der Waals surface area contributed by atoms with Crippen molar-refractivity contribution in [2.24, 2.45) is 5.92 Å². The molecule has 3 rings (SSSR count). The Kier molecular flexibility index (Phi) is 8.21. The molecule has 35 heavy (non-hydrogen) atoms. The van der Waals surface area contributed by atoms with E-state index in [0.29, 0.717) is 55.7 Å². The van der Waals surface area contributed by atoms with Crippen LogP contribution in [-0.4, -0.2) is 58.7 Å². The van der Waals surface area contributed by atoms with E-state index in [2.05, 4.69) is 0 Å². The average Bonchev–Trinajstić information content (AvgIpc) is 2.83. The summed E-state index contributed by atoms with van der Waals surface area (Å²) in [5, 5.41) is 12.1. The average molecular weight is 485 g/mol. The van der Waals surface area contributed by atoms with Crippen LogP contribution in [0.2, 0.25) is 0 Å². The van der Waals surface area contributed by atoms with Crippen molar-refractivity contribution in [3.63, 3.8) is 0 Å². The van der Waals surface area contributed by atoms with Gasteiger partial charge in [0.25, 0.3) is 5.91 Å². The Bertz CT molecular complexity index is 1020. The first-order chi connectivity index (χ1) is 16.5. The number of carbonyl (C=O) groups excluding carboxylic acids is 2. The van der Waals surface area contributed by atoms with E-state index in [1.807, 2.05) is 34.6 Å². The lowest BCUT2D eigenvalue weighted by Gasteiger charge is -2.42. The minimum atomic E-state index is -1.47. The quantitative estimate of drug-likeness (QED) is 0.613. The number of hydrogen-bond acceptors (Lipinski definition) is 4. The Morgan fingerprint density at radius 1 is 1.03 bits per heavy atom. The molecular formula is C28H37FN2O4. The third-order valence-corrected chi connectivity index (χ3v) is 6.62. The highest BCUT2D eigenvalue weighted by molar-refractivity contribution is 5.94. The molecule has 1 aliphatic heterocycles. The lowest BCUT2D eigenvalue weighted by molar-refractivity contribution is -0.0239. The van der Waals surface area contributed by atoms with Crippen molar-refractivity contribution in [2.75, 3.05) is 26.2 Å². The van der Waals surface area contributed by atoms with Crippen molar-refractivity contribution in [2.45, 2.75) is 58.7 Å². The topological polar surface area (TPSA) is 70.1 Å². The van der Waals surface area contributed by atoms with Gasteiger partial charge in [0.05, 0.1) is 0 Å². The Morgan fingerprint density at radius 3 is 2.14 bits per heavy atom.